The first kappa shape index (κ1) is 20.6. The van der Waals surface area contributed by atoms with Crippen molar-refractivity contribution >= 4 is 28.7 Å². The number of hydrogen-bond donors (Lipinski definition) is 1. The number of ether oxygens (including phenoxy) is 1. The first-order valence-electron chi connectivity index (χ1n) is 9.41. The van der Waals surface area contributed by atoms with Gasteiger partial charge in [0, 0.05) is 44.3 Å². The van der Waals surface area contributed by atoms with E-state index in [4.69, 9.17) is 17.0 Å². The SMILES string of the molecule is COc1cccc(NC(=S)N(Cc2ccc(N(C)C)cc2)Cc2ccccn2)c1. The van der Waals surface area contributed by atoms with Gasteiger partial charge in [0.15, 0.2) is 5.11 Å². The van der Waals surface area contributed by atoms with Crippen LogP contribution in [0, 0.1) is 0 Å². The average molecular weight is 407 g/mol. The monoisotopic (exact) mass is 406 g/mol. The lowest BCUT2D eigenvalue weighted by Gasteiger charge is -2.26. The fraction of sp³-hybridized carbons (Fsp3) is 0.217. The zero-order valence-corrected chi connectivity index (χ0v) is 17.8. The second-order valence-electron chi connectivity index (χ2n) is 6.90. The molecular formula is C23H26N4OS. The molecule has 0 saturated heterocycles. The van der Waals surface area contributed by atoms with Gasteiger partial charge in [-0.25, -0.2) is 0 Å². The van der Waals surface area contributed by atoms with Crippen LogP contribution in [0.1, 0.15) is 11.3 Å². The van der Waals surface area contributed by atoms with Crippen molar-refractivity contribution in [1.82, 2.24) is 9.88 Å². The lowest BCUT2D eigenvalue weighted by atomic mass is 10.2. The molecule has 0 radical (unpaired) electrons. The summed E-state index contributed by atoms with van der Waals surface area (Å²) in [5.41, 5.74) is 4.21. The van der Waals surface area contributed by atoms with Crippen molar-refractivity contribution in [3.8, 4) is 5.75 Å². The summed E-state index contributed by atoms with van der Waals surface area (Å²) >= 11 is 5.74. The van der Waals surface area contributed by atoms with Crippen LogP contribution in [0.5, 0.6) is 5.75 Å². The van der Waals surface area contributed by atoms with Gasteiger partial charge in [-0.1, -0.05) is 24.3 Å². The molecule has 3 rings (SSSR count). The maximum atomic E-state index is 5.74. The average Bonchev–Trinajstić information content (AvgIpc) is 2.74. The summed E-state index contributed by atoms with van der Waals surface area (Å²) in [6, 6.07) is 22.2. The Balaban J connectivity index is 1.78. The van der Waals surface area contributed by atoms with Crippen LogP contribution < -0.4 is 15.0 Å². The molecule has 6 heteroatoms. The highest BCUT2D eigenvalue weighted by Crippen LogP contribution is 2.19. The Labute approximate surface area is 177 Å². The molecule has 0 aliphatic heterocycles. The molecule has 3 aromatic rings. The molecule has 0 spiro atoms. The largest absolute Gasteiger partial charge is 0.497 e. The number of anilines is 2. The molecule has 29 heavy (non-hydrogen) atoms. The molecule has 1 aromatic heterocycles. The number of aromatic nitrogens is 1. The Morgan fingerprint density at radius 1 is 1.00 bits per heavy atom. The number of methoxy groups -OCH3 is 1. The second-order valence-corrected chi connectivity index (χ2v) is 7.29. The van der Waals surface area contributed by atoms with Gasteiger partial charge in [0.2, 0.25) is 0 Å². The molecule has 0 fully saturated rings. The van der Waals surface area contributed by atoms with E-state index in [2.05, 4.69) is 44.4 Å². The van der Waals surface area contributed by atoms with Gasteiger partial charge in [-0.3, -0.25) is 4.98 Å². The van der Waals surface area contributed by atoms with Gasteiger partial charge < -0.3 is 19.9 Å². The number of benzene rings is 2. The summed E-state index contributed by atoms with van der Waals surface area (Å²) in [4.78, 5) is 8.66. The lowest BCUT2D eigenvalue weighted by Crippen LogP contribution is -2.34. The second kappa shape index (κ2) is 9.89. The van der Waals surface area contributed by atoms with Crippen LogP contribution in [0.2, 0.25) is 0 Å². The van der Waals surface area contributed by atoms with Crippen molar-refractivity contribution in [3.05, 3.63) is 84.2 Å². The molecule has 1 heterocycles. The zero-order chi connectivity index (χ0) is 20.6. The van der Waals surface area contributed by atoms with Gasteiger partial charge in [-0.2, -0.15) is 0 Å². The first-order valence-corrected chi connectivity index (χ1v) is 9.82. The minimum absolute atomic E-state index is 0.617. The Hall–Kier alpha value is -3.12. The molecule has 0 unspecified atom stereocenters. The van der Waals surface area contributed by atoms with Crippen molar-refractivity contribution in [2.45, 2.75) is 13.1 Å². The van der Waals surface area contributed by atoms with Crippen LogP contribution in [0.4, 0.5) is 11.4 Å². The van der Waals surface area contributed by atoms with Crippen molar-refractivity contribution in [2.24, 2.45) is 0 Å². The molecule has 0 aliphatic rings. The zero-order valence-electron chi connectivity index (χ0n) is 17.0. The number of nitrogens with one attached hydrogen (secondary N) is 1. The number of pyridine rings is 1. The lowest BCUT2D eigenvalue weighted by molar-refractivity contribution is 0.407. The Bertz CT molecular complexity index is 929. The standard InChI is InChI=1S/C23H26N4OS/c1-26(2)21-12-10-18(11-13-21)16-27(17-20-7-4-5-14-24-20)23(29)25-19-8-6-9-22(15-19)28-3/h4-15H,16-17H2,1-3H3,(H,25,29). The number of hydrogen-bond acceptors (Lipinski definition) is 4. The van der Waals surface area contributed by atoms with Gasteiger partial charge in [0.05, 0.1) is 19.3 Å². The molecule has 0 bridgehead atoms. The predicted octanol–water partition coefficient (Wildman–Crippen LogP) is 4.56. The van der Waals surface area contributed by atoms with Gasteiger partial charge in [-0.15, -0.1) is 0 Å². The normalized spacial score (nSPS) is 10.3. The van der Waals surface area contributed by atoms with Gasteiger partial charge in [-0.05, 0) is 54.2 Å². The highest BCUT2D eigenvalue weighted by molar-refractivity contribution is 7.80. The Morgan fingerprint density at radius 3 is 2.45 bits per heavy atom. The van der Waals surface area contributed by atoms with Crippen LogP contribution in [-0.2, 0) is 13.1 Å². The van der Waals surface area contributed by atoms with E-state index in [1.807, 2.05) is 56.6 Å². The molecule has 2 aromatic carbocycles. The first-order chi connectivity index (χ1) is 14.0. The van der Waals surface area contributed by atoms with E-state index in [0.29, 0.717) is 18.2 Å². The van der Waals surface area contributed by atoms with E-state index in [9.17, 15) is 0 Å². The fourth-order valence-electron chi connectivity index (χ4n) is 2.91. The van der Waals surface area contributed by atoms with E-state index in [1.54, 1.807) is 13.3 Å². The number of thiocarbonyl (C=S) groups is 1. The summed E-state index contributed by atoms with van der Waals surface area (Å²) in [6.07, 6.45) is 1.80. The van der Waals surface area contributed by atoms with Crippen molar-refractivity contribution < 1.29 is 4.74 Å². The highest BCUT2D eigenvalue weighted by Gasteiger charge is 2.13. The van der Waals surface area contributed by atoms with Crippen molar-refractivity contribution in [3.63, 3.8) is 0 Å². The number of rotatable bonds is 7. The van der Waals surface area contributed by atoms with Crippen LogP contribution in [0.3, 0.4) is 0 Å². The van der Waals surface area contributed by atoms with Crippen LogP contribution >= 0.6 is 12.2 Å². The third kappa shape index (κ3) is 5.93. The van der Waals surface area contributed by atoms with Gasteiger partial charge in [0.1, 0.15) is 5.75 Å². The molecular weight excluding hydrogens is 380 g/mol. The van der Waals surface area contributed by atoms with E-state index >= 15 is 0 Å². The molecule has 150 valence electrons. The molecule has 0 aliphatic carbocycles. The Kier molecular flexibility index (Phi) is 7.03. The molecule has 5 nitrogen and oxygen atoms in total. The van der Waals surface area contributed by atoms with Gasteiger partial charge in [0.25, 0.3) is 0 Å². The summed E-state index contributed by atoms with van der Waals surface area (Å²) in [5.74, 6) is 0.786. The predicted molar refractivity (Wildman–Crippen MR) is 123 cm³/mol. The van der Waals surface area contributed by atoms with E-state index in [-0.39, 0.29) is 0 Å². The van der Waals surface area contributed by atoms with Crippen LogP contribution in [0.15, 0.2) is 72.9 Å². The minimum atomic E-state index is 0.617. The molecule has 0 saturated carbocycles. The van der Waals surface area contributed by atoms with E-state index < -0.39 is 0 Å². The Morgan fingerprint density at radius 2 is 1.79 bits per heavy atom. The van der Waals surface area contributed by atoms with Gasteiger partial charge >= 0.3 is 0 Å². The maximum absolute atomic E-state index is 5.74. The third-order valence-corrected chi connectivity index (χ3v) is 4.87. The van der Waals surface area contributed by atoms with Crippen molar-refractivity contribution in [1.29, 1.82) is 0 Å². The molecule has 1 N–H and O–H groups in total. The summed E-state index contributed by atoms with van der Waals surface area (Å²) in [6.45, 7) is 1.30. The van der Waals surface area contributed by atoms with E-state index in [0.717, 1.165) is 17.1 Å². The summed E-state index contributed by atoms with van der Waals surface area (Å²) < 4.78 is 5.31. The van der Waals surface area contributed by atoms with E-state index in [1.165, 1.54) is 11.3 Å². The van der Waals surface area contributed by atoms with Crippen LogP contribution in [0.25, 0.3) is 0 Å². The summed E-state index contributed by atoms with van der Waals surface area (Å²) in [7, 11) is 5.73. The molecule has 0 amide bonds. The smallest absolute Gasteiger partial charge is 0.174 e. The maximum Gasteiger partial charge on any atom is 0.174 e. The topological polar surface area (TPSA) is 40.6 Å². The number of nitrogens with zero attached hydrogens (tertiary/aromatic N) is 3. The fourth-order valence-corrected chi connectivity index (χ4v) is 3.16. The summed E-state index contributed by atoms with van der Waals surface area (Å²) in [5, 5.41) is 3.97. The minimum Gasteiger partial charge on any atom is -0.497 e. The van der Waals surface area contributed by atoms with Crippen molar-refractivity contribution in [2.75, 3.05) is 31.4 Å². The molecule has 0 atom stereocenters. The highest BCUT2D eigenvalue weighted by atomic mass is 32.1. The third-order valence-electron chi connectivity index (χ3n) is 4.51. The van der Waals surface area contributed by atoms with Crippen LogP contribution in [-0.4, -0.2) is 36.2 Å². The quantitative estimate of drug-likeness (QED) is 0.580.